The summed E-state index contributed by atoms with van der Waals surface area (Å²) in [7, 11) is 1.51. The molecule has 0 saturated carbocycles. The predicted octanol–water partition coefficient (Wildman–Crippen LogP) is 2.44. The van der Waals surface area contributed by atoms with E-state index in [1.807, 2.05) is 30.3 Å². The molecule has 0 aliphatic heterocycles. The van der Waals surface area contributed by atoms with Crippen LogP contribution in [-0.2, 0) is 6.54 Å². The summed E-state index contributed by atoms with van der Waals surface area (Å²) >= 11 is 0. The van der Waals surface area contributed by atoms with E-state index < -0.39 is 5.91 Å². The Labute approximate surface area is 150 Å². The molecule has 0 saturated heterocycles. The molecule has 1 aromatic heterocycles. The second-order valence-corrected chi connectivity index (χ2v) is 5.77. The molecule has 1 N–H and O–H groups in total. The lowest BCUT2D eigenvalue weighted by atomic mass is 10.2. The molecule has 0 bridgehead atoms. The summed E-state index contributed by atoms with van der Waals surface area (Å²) in [4.78, 5) is 26.6. The molecule has 0 radical (unpaired) electrons. The lowest BCUT2D eigenvalue weighted by Crippen LogP contribution is -2.33. The van der Waals surface area contributed by atoms with Gasteiger partial charge in [0.05, 0.1) is 19.1 Å². The summed E-state index contributed by atoms with van der Waals surface area (Å²) < 4.78 is 10.8. The Bertz CT molecular complexity index is 965. The minimum atomic E-state index is -0.454. The van der Waals surface area contributed by atoms with E-state index in [0.29, 0.717) is 17.7 Å². The molecule has 2 aromatic carbocycles. The van der Waals surface area contributed by atoms with E-state index in [1.54, 1.807) is 18.2 Å². The number of carbonyl (C=O) groups is 1. The van der Waals surface area contributed by atoms with E-state index in [4.69, 9.17) is 9.15 Å². The van der Waals surface area contributed by atoms with Crippen molar-refractivity contribution in [3.05, 3.63) is 76.1 Å². The van der Waals surface area contributed by atoms with Gasteiger partial charge in [-0.15, -0.1) is 0 Å². The maximum absolute atomic E-state index is 12.8. The van der Waals surface area contributed by atoms with Gasteiger partial charge in [0.1, 0.15) is 11.3 Å². The fourth-order valence-electron chi connectivity index (χ4n) is 2.70. The zero-order valence-electron chi connectivity index (χ0n) is 14.3. The number of rotatable bonds is 6. The molecule has 0 aliphatic rings. The zero-order valence-corrected chi connectivity index (χ0v) is 14.3. The number of benzene rings is 2. The number of methoxy groups -OCH3 is 1. The molecule has 1 heterocycles. The summed E-state index contributed by atoms with van der Waals surface area (Å²) in [6.07, 6.45) is 0. The third-order valence-electron chi connectivity index (χ3n) is 4.02. The highest BCUT2D eigenvalue weighted by Crippen LogP contribution is 2.20. The van der Waals surface area contributed by atoms with Gasteiger partial charge in [-0.25, -0.2) is 0 Å². The molecule has 6 nitrogen and oxygen atoms in total. The van der Waals surface area contributed by atoms with Crippen molar-refractivity contribution in [3.63, 3.8) is 0 Å². The van der Waals surface area contributed by atoms with Crippen LogP contribution in [0.5, 0.6) is 5.75 Å². The minimum Gasteiger partial charge on any atom is -0.497 e. The third kappa shape index (κ3) is 3.75. The van der Waals surface area contributed by atoms with Crippen molar-refractivity contribution >= 4 is 16.9 Å². The van der Waals surface area contributed by atoms with Crippen LogP contribution < -0.4 is 10.2 Å². The van der Waals surface area contributed by atoms with E-state index in [0.717, 1.165) is 5.56 Å². The number of hydrogen-bond donors (Lipinski definition) is 1. The zero-order chi connectivity index (χ0) is 18.5. The van der Waals surface area contributed by atoms with Crippen LogP contribution in [0.3, 0.4) is 0 Å². The molecule has 6 heteroatoms. The average molecular weight is 353 g/mol. The number of fused-ring (bicyclic) bond motifs is 1. The largest absolute Gasteiger partial charge is 0.497 e. The Morgan fingerprint density at radius 1 is 1.15 bits per heavy atom. The second kappa shape index (κ2) is 7.84. The van der Waals surface area contributed by atoms with Crippen LogP contribution in [0.25, 0.3) is 11.0 Å². The summed E-state index contributed by atoms with van der Waals surface area (Å²) in [5.41, 5.74) is 0.892. The van der Waals surface area contributed by atoms with Gasteiger partial charge in [0, 0.05) is 25.2 Å². The van der Waals surface area contributed by atoms with E-state index in [-0.39, 0.29) is 29.9 Å². The van der Waals surface area contributed by atoms with Gasteiger partial charge in [-0.3, -0.25) is 9.59 Å². The number of aliphatic hydroxyl groups is 1. The third-order valence-corrected chi connectivity index (χ3v) is 4.02. The topological polar surface area (TPSA) is 80.0 Å². The predicted molar refractivity (Wildman–Crippen MR) is 97.3 cm³/mol. The molecular formula is C20H19NO5. The highest BCUT2D eigenvalue weighted by Gasteiger charge is 2.20. The molecule has 1 amide bonds. The SMILES string of the molecule is COc1ccc2c(=O)cc(C(=O)N(CCO)Cc3ccccc3)oc2c1. The maximum Gasteiger partial charge on any atom is 0.290 e. The van der Waals surface area contributed by atoms with Crippen molar-refractivity contribution < 1.29 is 19.1 Å². The van der Waals surface area contributed by atoms with E-state index in [2.05, 4.69) is 0 Å². The first-order valence-corrected chi connectivity index (χ1v) is 8.18. The fourth-order valence-corrected chi connectivity index (χ4v) is 2.70. The van der Waals surface area contributed by atoms with Gasteiger partial charge in [0.25, 0.3) is 5.91 Å². The minimum absolute atomic E-state index is 0.0693. The summed E-state index contributed by atoms with van der Waals surface area (Å²) in [5, 5.41) is 9.68. The fraction of sp³-hybridized carbons (Fsp3) is 0.200. The summed E-state index contributed by atoms with van der Waals surface area (Å²) in [6, 6.07) is 15.4. The molecule has 3 aromatic rings. The van der Waals surface area contributed by atoms with Crippen molar-refractivity contribution in [3.8, 4) is 5.75 Å². The maximum atomic E-state index is 12.8. The lowest BCUT2D eigenvalue weighted by molar-refractivity contribution is 0.0676. The molecule has 0 atom stereocenters. The first kappa shape index (κ1) is 17.7. The molecule has 0 unspecified atom stereocenters. The summed E-state index contributed by atoms with van der Waals surface area (Å²) in [5.74, 6) is 0.00612. The van der Waals surface area contributed by atoms with Crippen LogP contribution in [0.1, 0.15) is 16.1 Å². The molecule has 0 fully saturated rings. The van der Waals surface area contributed by atoms with Crippen molar-refractivity contribution in [2.24, 2.45) is 0 Å². The molecule has 0 spiro atoms. The molecule has 26 heavy (non-hydrogen) atoms. The Kier molecular flexibility index (Phi) is 5.34. The number of aliphatic hydroxyl groups excluding tert-OH is 1. The van der Waals surface area contributed by atoms with Crippen LogP contribution >= 0.6 is 0 Å². The molecule has 0 aliphatic carbocycles. The Morgan fingerprint density at radius 2 is 1.92 bits per heavy atom. The van der Waals surface area contributed by atoms with Crippen molar-refractivity contribution in [2.75, 3.05) is 20.3 Å². The van der Waals surface area contributed by atoms with Crippen LogP contribution in [0.15, 0.2) is 63.8 Å². The van der Waals surface area contributed by atoms with Crippen LogP contribution in [-0.4, -0.2) is 36.2 Å². The number of amides is 1. The van der Waals surface area contributed by atoms with Crippen LogP contribution in [0.2, 0.25) is 0 Å². The van der Waals surface area contributed by atoms with Gasteiger partial charge >= 0.3 is 0 Å². The number of nitrogens with zero attached hydrogens (tertiary/aromatic N) is 1. The number of carbonyl (C=O) groups excluding carboxylic acids is 1. The highest BCUT2D eigenvalue weighted by molar-refractivity contribution is 5.93. The van der Waals surface area contributed by atoms with Gasteiger partial charge in [-0.05, 0) is 17.7 Å². The molecular weight excluding hydrogens is 334 g/mol. The average Bonchev–Trinajstić information content (AvgIpc) is 2.67. The van der Waals surface area contributed by atoms with E-state index in [1.165, 1.54) is 18.1 Å². The Morgan fingerprint density at radius 3 is 2.62 bits per heavy atom. The quantitative estimate of drug-likeness (QED) is 0.736. The number of ether oxygens (including phenoxy) is 1. The van der Waals surface area contributed by atoms with Crippen LogP contribution in [0, 0.1) is 0 Å². The van der Waals surface area contributed by atoms with E-state index in [9.17, 15) is 14.7 Å². The Balaban J connectivity index is 1.96. The van der Waals surface area contributed by atoms with Gasteiger partial charge < -0.3 is 19.2 Å². The monoisotopic (exact) mass is 353 g/mol. The van der Waals surface area contributed by atoms with Crippen molar-refractivity contribution in [2.45, 2.75) is 6.54 Å². The second-order valence-electron chi connectivity index (χ2n) is 5.77. The van der Waals surface area contributed by atoms with Crippen molar-refractivity contribution in [1.29, 1.82) is 0 Å². The lowest BCUT2D eigenvalue weighted by Gasteiger charge is -2.21. The summed E-state index contributed by atoms with van der Waals surface area (Å²) in [6.45, 7) is 0.248. The first-order valence-electron chi connectivity index (χ1n) is 8.18. The van der Waals surface area contributed by atoms with Crippen LogP contribution in [0.4, 0.5) is 0 Å². The standard InChI is InChI=1S/C20H19NO5/c1-25-15-7-8-16-17(23)12-19(26-18(16)11-15)20(24)21(9-10-22)13-14-5-3-2-4-6-14/h2-8,11-12,22H,9-10,13H2,1H3. The first-order chi connectivity index (χ1) is 12.6. The molecule has 3 rings (SSSR count). The number of hydrogen-bond acceptors (Lipinski definition) is 5. The van der Waals surface area contributed by atoms with E-state index >= 15 is 0 Å². The van der Waals surface area contributed by atoms with Gasteiger partial charge in [0.15, 0.2) is 11.2 Å². The molecule has 134 valence electrons. The van der Waals surface area contributed by atoms with Gasteiger partial charge in [-0.2, -0.15) is 0 Å². The van der Waals surface area contributed by atoms with Gasteiger partial charge in [0.2, 0.25) is 0 Å². The Hall–Kier alpha value is -3.12. The van der Waals surface area contributed by atoms with Gasteiger partial charge in [-0.1, -0.05) is 30.3 Å². The smallest absolute Gasteiger partial charge is 0.290 e. The van der Waals surface area contributed by atoms with Crippen molar-refractivity contribution in [1.82, 2.24) is 4.90 Å². The normalized spacial score (nSPS) is 10.7. The highest BCUT2D eigenvalue weighted by atomic mass is 16.5.